The zero-order chi connectivity index (χ0) is 20.5. The van der Waals surface area contributed by atoms with Gasteiger partial charge in [0.1, 0.15) is 17.5 Å². The van der Waals surface area contributed by atoms with Crippen LogP contribution >= 0.6 is 0 Å². The van der Waals surface area contributed by atoms with Crippen LogP contribution in [-0.4, -0.2) is 9.78 Å². The molecule has 0 bridgehead atoms. The smallest absolute Gasteiger partial charge is 0.381 e. The van der Waals surface area contributed by atoms with Gasteiger partial charge in [0, 0.05) is 29.9 Å². The predicted molar refractivity (Wildman–Crippen MR) is 92.0 cm³/mol. The molecule has 0 aliphatic carbocycles. The van der Waals surface area contributed by atoms with E-state index in [2.05, 4.69) is 10.4 Å². The van der Waals surface area contributed by atoms with Crippen LogP contribution < -0.4 is 5.32 Å². The fourth-order valence-corrected chi connectivity index (χ4v) is 2.74. The third-order valence-electron chi connectivity index (χ3n) is 4.15. The van der Waals surface area contributed by atoms with Gasteiger partial charge < -0.3 is 5.32 Å². The second-order valence-corrected chi connectivity index (χ2v) is 5.98. The maximum Gasteiger partial charge on any atom is 0.435 e. The van der Waals surface area contributed by atoms with Crippen LogP contribution in [0.3, 0.4) is 0 Å². The first-order valence-corrected chi connectivity index (χ1v) is 8.32. The van der Waals surface area contributed by atoms with E-state index in [0.29, 0.717) is 0 Å². The number of nitrogens with one attached hydrogen (secondary N) is 1. The van der Waals surface area contributed by atoms with Crippen molar-refractivity contribution in [1.29, 1.82) is 0 Å². The van der Waals surface area contributed by atoms with E-state index in [1.54, 1.807) is 6.92 Å². The SMILES string of the molecule is CCn1nc(C(F)(F)F)cc1-c1ccc(NCc2c(F)cccc2F)cc1F. The monoisotopic (exact) mass is 399 g/mol. The molecule has 9 heteroatoms. The fourth-order valence-electron chi connectivity index (χ4n) is 2.74. The molecule has 0 fully saturated rings. The molecule has 0 saturated heterocycles. The van der Waals surface area contributed by atoms with Crippen molar-refractivity contribution in [2.45, 2.75) is 26.2 Å². The van der Waals surface area contributed by atoms with Gasteiger partial charge in [-0.05, 0) is 43.3 Å². The minimum absolute atomic E-state index is 0.0148. The highest BCUT2D eigenvalue weighted by atomic mass is 19.4. The summed E-state index contributed by atoms with van der Waals surface area (Å²) in [6.07, 6.45) is -4.64. The number of aryl methyl sites for hydroxylation is 1. The lowest BCUT2D eigenvalue weighted by atomic mass is 10.1. The zero-order valence-corrected chi connectivity index (χ0v) is 14.6. The third kappa shape index (κ3) is 3.97. The van der Waals surface area contributed by atoms with Crippen molar-refractivity contribution in [3.63, 3.8) is 0 Å². The largest absolute Gasteiger partial charge is 0.435 e. The Morgan fingerprint density at radius 2 is 1.64 bits per heavy atom. The molecule has 1 aromatic heterocycles. The van der Waals surface area contributed by atoms with Crippen LogP contribution in [0.5, 0.6) is 0 Å². The second kappa shape index (κ2) is 7.57. The lowest BCUT2D eigenvalue weighted by Crippen LogP contribution is -2.07. The predicted octanol–water partition coefficient (Wildman–Crippen LogP) is 5.62. The first kappa shape index (κ1) is 19.8. The number of anilines is 1. The van der Waals surface area contributed by atoms with Crippen molar-refractivity contribution in [3.05, 3.63) is 71.2 Å². The molecule has 0 radical (unpaired) electrons. The number of benzene rings is 2. The molecule has 3 nitrogen and oxygen atoms in total. The van der Waals surface area contributed by atoms with Crippen LogP contribution in [-0.2, 0) is 19.3 Å². The highest BCUT2D eigenvalue weighted by Crippen LogP contribution is 2.33. The molecule has 3 rings (SSSR count). The van der Waals surface area contributed by atoms with Crippen molar-refractivity contribution in [2.75, 3.05) is 5.32 Å². The average Bonchev–Trinajstić information content (AvgIpc) is 3.06. The maximum absolute atomic E-state index is 14.5. The highest BCUT2D eigenvalue weighted by molar-refractivity contribution is 5.64. The van der Waals surface area contributed by atoms with Gasteiger partial charge in [-0.3, -0.25) is 4.68 Å². The summed E-state index contributed by atoms with van der Waals surface area (Å²) in [5, 5.41) is 6.16. The van der Waals surface area contributed by atoms with Crippen LogP contribution in [0.25, 0.3) is 11.3 Å². The summed E-state index contributed by atoms with van der Waals surface area (Å²) in [4.78, 5) is 0. The molecule has 1 N–H and O–H groups in total. The van der Waals surface area contributed by atoms with Gasteiger partial charge in [0.05, 0.1) is 5.69 Å². The Bertz CT molecular complexity index is 974. The summed E-state index contributed by atoms with van der Waals surface area (Å²) in [6.45, 7) is 1.49. The summed E-state index contributed by atoms with van der Waals surface area (Å²) in [5.41, 5.74) is -1.17. The van der Waals surface area contributed by atoms with Gasteiger partial charge in [-0.1, -0.05) is 6.07 Å². The van der Waals surface area contributed by atoms with Crippen LogP contribution in [0.1, 0.15) is 18.2 Å². The topological polar surface area (TPSA) is 29.9 Å². The van der Waals surface area contributed by atoms with Gasteiger partial charge in [0.15, 0.2) is 5.69 Å². The highest BCUT2D eigenvalue weighted by Gasteiger charge is 2.35. The van der Waals surface area contributed by atoms with Crippen LogP contribution in [0.4, 0.5) is 32.0 Å². The molecular formula is C19H15F6N3. The molecule has 0 saturated carbocycles. The van der Waals surface area contributed by atoms with Crippen molar-refractivity contribution < 1.29 is 26.3 Å². The van der Waals surface area contributed by atoms with Crippen LogP contribution in [0.2, 0.25) is 0 Å². The van der Waals surface area contributed by atoms with Gasteiger partial charge in [-0.25, -0.2) is 13.2 Å². The summed E-state index contributed by atoms with van der Waals surface area (Å²) in [6, 6.07) is 7.98. The molecule has 0 amide bonds. The Labute approximate surface area is 156 Å². The van der Waals surface area contributed by atoms with Gasteiger partial charge in [-0.15, -0.1) is 0 Å². The standard InChI is InChI=1S/C19H15F6N3/c1-2-28-17(9-18(27-28)19(23,24)25)12-7-6-11(8-16(12)22)26-10-13-14(20)4-3-5-15(13)21/h3-9,26H,2,10H2,1H3. The molecule has 0 aliphatic rings. The molecule has 2 aromatic carbocycles. The first-order valence-electron chi connectivity index (χ1n) is 8.32. The van der Waals surface area contributed by atoms with Crippen molar-refractivity contribution >= 4 is 5.69 Å². The van der Waals surface area contributed by atoms with E-state index in [1.165, 1.54) is 18.2 Å². The summed E-state index contributed by atoms with van der Waals surface area (Å²) >= 11 is 0. The van der Waals surface area contributed by atoms with E-state index in [-0.39, 0.29) is 35.6 Å². The second-order valence-electron chi connectivity index (χ2n) is 5.98. The van der Waals surface area contributed by atoms with Gasteiger partial charge in [0.25, 0.3) is 0 Å². The minimum Gasteiger partial charge on any atom is -0.381 e. The van der Waals surface area contributed by atoms with E-state index in [9.17, 15) is 26.3 Å². The quantitative estimate of drug-likeness (QED) is 0.565. The molecular weight excluding hydrogens is 384 g/mol. The molecule has 0 unspecified atom stereocenters. The number of nitrogens with zero attached hydrogens (tertiary/aromatic N) is 2. The van der Waals surface area contributed by atoms with Gasteiger partial charge in [0.2, 0.25) is 0 Å². The van der Waals surface area contributed by atoms with E-state index < -0.39 is 29.3 Å². The Morgan fingerprint density at radius 1 is 0.964 bits per heavy atom. The lowest BCUT2D eigenvalue weighted by Gasteiger charge is -2.11. The Hall–Kier alpha value is -2.97. The number of hydrogen-bond donors (Lipinski definition) is 1. The molecule has 1 heterocycles. The molecule has 0 spiro atoms. The molecule has 28 heavy (non-hydrogen) atoms. The van der Waals surface area contributed by atoms with Crippen molar-refractivity contribution in [1.82, 2.24) is 9.78 Å². The summed E-state index contributed by atoms with van der Waals surface area (Å²) in [7, 11) is 0. The average molecular weight is 399 g/mol. The summed E-state index contributed by atoms with van der Waals surface area (Å²) in [5.74, 6) is -2.27. The van der Waals surface area contributed by atoms with Crippen LogP contribution in [0, 0.1) is 17.5 Å². The number of hydrogen-bond acceptors (Lipinski definition) is 2. The number of rotatable bonds is 5. The van der Waals surface area contributed by atoms with Crippen molar-refractivity contribution in [3.8, 4) is 11.3 Å². The Kier molecular flexibility index (Phi) is 5.35. The fraction of sp³-hybridized carbons (Fsp3) is 0.211. The molecule has 0 atom stereocenters. The van der Waals surface area contributed by atoms with E-state index in [0.717, 1.165) is 28.9 Å². The minimum atomic E-state index is -4.64. The third-order valence-corrected chi connectivity index (χ3v) is 4.15. The number of alkyl halides is 3. The van der Waals surface area contributed by atoms with Crippen molar-refractivity contribution in [2.24, 2.45) is 0 Å². The molecule has 3 aromatic rings. The molecule has 0 aliphatic heterocycles. The summed E-state index contributed by atoms with van der Waals surface area (Å²) < 4.78 is 81.5. The molecule has 148 valence electrons. The van der Waals surface area contributed by atoms with E-state index in [1.807, 2.05) is 0 Å². The van der Waals surface area contributed by atoms with Crippen LogP contribution in [0.15, 0.2) is 42.5 Å². The van der Waals surface area contributed by atoms with E-state index in [4.69, 9.17) is 0 Å². The number of halogens is 6. The Morgan fingerprint density at radius 3 is 2.21 bits per heavy atom. The van der Waals surface area contributed by atoms with Gasteiger partial charge >= 0.3 is 6.18 Å². The zero-order valence-electron chi connectivity index (χ0n) is 14.6. The normalized spacial score (nSPS) is 11.7. The number of aromatic nitrogens is 2. The van der Waals surface area contributed by atoms with E-state index >= 15 is 0 Å². The maximum atomic E-state index is 14.5. The van der Waals surface area contributed by atoms with Gasteiger partial charge in [-0.2, -0.15) is 18.3 Å². The lowest BCUT2D eigenvalue weighted by molar-refractivity contribution is -0.141. The first-order chi connectivity index (χ1) is 13.2. The Balaban J connectivity index is 1.86.